The molecule has 1 fully saturated rings. The third kappa shape index (κ3) is 1.11. The van der Waals surface area contributed by atoms with Crippen molar-refractivity contribution in [1.82, 2.24) is 4.57 Å². The first-order valence-corrected chi connectivity index (χ1v) is 4.08. The first kappa shape index (κ1) is 7.40. The van der Waals surface area contributed by atoms with E-state index in [2.05, 4.69) is 0 Å². The standard InChI is InChI=1S/C9H11NO2/c11-8(12)7-9(3-4-9)10-5-1-2-6-10/h1-2,5-6H,3-4,7H2,(H,11,12). The summed E-state index contributed by atoms with van der Waals surface area (Å²) in [4.78, 5) is 10.5. The summed E-state index contributed by atoms with van der Waals surface area (Å²) in [6.07, 6.45) is 6.12. The van der Waals surface area contributed by atoms with E-state index >= 15 is 0 Å². The summed E-state index contributed by atoms with van der Waals surface area (Å²) in [6.45, 7) is 0. The number of carboxylic acids is 1. The molecule has 0 aromatic carbocycles. The van der Waals surface area contributed by atoms with Crippen molar-refractivity contribution >= 4 is 5.97 Å². The maximum Gasteiger partial charge on any atom is 0.305 e. The second kappa shape index (κ2) is 2.37. The minimum Gasteiger partial charge on any atom is -0.481 e. The summed E-state index contributed by atoms with van der Waals surface area (Å²) < 4.78 is 2.02. The Labute approximate surface area is 70.6 Å². The van der Waals surface area contributed by atoms with Crippen LogP contribution in [-0.4, -0.2) is 15.6 Å². The fourth-order valence-electron chi connectivity index (χ4n) is 1.60. The van der Waals surface area contributed by atoms with Crippen molar-refractivity contribution < 1.29 is 9.90 Å². The molecule has 0 unspecified atom stereocenters. The molecule has 1 aromatic heterocycles. The Hall–Kier alpha value is -1.25. The van der Waals surface area contributed by atoms with Gasteiger partial charge in [-0.3, -0.25) is 4.79 Å². The van der Waals surface area contributed by atoms with Crippen molar-refractivity contribution in [2.45, 2.75) is 24.8 Å². The van der Waals surface area contributed by atoms with Crippen molar-refractivity contribution in [2.75, 3.05) is 0 Å². The number of aliphatic carboxylic acids is 1. The zero-order valence-corrected chi connectivity index (χ0v) is 6.73. The van der Waals surface area contributed by atoms with Gasteiger partial charge in [-0.1, -0.05) is 0 Å². The van der Waals surface area contributed by atoms with Gasteiger partial charge in [0, 0.05) is 12.4 Å². The molecule has 1 N–H and O–H groups in total. The van der Waals surface area contributed by atoms with Gasteiger partial charge in [0.05, 0.1) is 12.0 Å². The third-order valence-electron chi connectivity index (χ3n) is 2.46. The average Bonchev–Trinajstić information content (AvgIpc) is 2.61. The number of hydrogen-bond donors (Lipinski definition) is 1. The van der Waals surface area contributed by atoms with Gasteiger partial charge in [-0.2, -0.15) is 0 Å². The Morgan fingerprint density at radius 2 is 2.00 bits per heavy atom. The van der Waals surface area contributed by atoms with Crippen molar-refractivity contribution in [3.05, 3.63) is 24.5 Å². The fourth-order valence-corrected chi connectivity index (χ4v) is 1.60. The predicted molar refractivity (Wildman–Crippen MR) is 43.9 cm³/mol. The summed E-state index contributed by atoms with van der Waals surface area (Å²) in [7, 11) is 0. The van der Waals surface area contributed by atoms with Crippen LogP contribution in [0.25, 0.3) is 0 Å². The highest BCUT2D eigenvalue weighted by atomic mass is 16.4. The maximum atomic E-state index is 10.5. The number of carbonyl (C=O) groups is 1. The molecule has 2 rings (SSSR count). The Balaban J connectivity index is 2.17. The van der Waals surface area contributed by atoms with Crippen molar-refractivity contribution in [2.24, 2.45) is 0 Å². The second-order valence-corrected chi connectivity index (χ2v) is 3.39. The molecular weight excluding hydrogens is 154 g/mol. The summed E-state index contributed by atoms with van der Waals surface area (Å²) in [5, 5.41) is 8.67. The molecule has 0 saturated heterocycles. The largest absolute Gasteiger partial charge is 0.481 e. The van der Waals surface area contributed by atoms with E-state index in [0.29, 0.717) is 0 Å². The van der Waals surface area contributed by atoms with E-state index in [9.17, 15) is 4.79 Å². The van der Waals surface area contributed by atoms with Gasteiger partial charge in [0.25, 0.3) is 0 Å². The molecule has 3 heteroatoms. The van der Waals surface area contributed by atoms with Gasteiger partial charge < -0.3 is 9.67 Å². The molecule has 0 atom stereocenters. The highest BCUT2D eigenvalue weighted by Crippen LogP contribution is 2.46. The lowest BCUT2D eigenvalue weighted by Crippen LogP contribution is -2.19. The highest BCUT2D eigenvalue weighted by molar-refractivity contribution is 5.68. The first-order valence-electron chi connectivity index (χ1n) is 4.08. The predicted octanol–water partition coefficient (Wildman–Crippen LogP) is 1.45. The third-order valence-corrected chi connectivity index (χ3v) is 2.46. The Morgan fingerprint density at radius 1 is 1.42 bits per heavy atom. The summed E-state index contributed by atoms with van der Waals surface area (Å²) in [5.74, 6) is -0.707. The van der Waals surface area contributed by atoms with Crippen LogP contribution in [0.5, 0.6) is 0 Å². The number of nitrogens with zero attached hydrogens (tertiary/aromatic N) is 1. The SMILES string of the molecule is O=C(O)CC1(n2cccc2)CC1. The lowest BCUT2D eigenvalue weighted by molar-refractivity contribution is -0.138. The molecule has 0 aliphatic heterocycles. The van der Waals surface area contributed by atoms with Gasteiger partial charge in [0.1, 0.15) is 0 Å². The number of carboxylic acid groups (broad SMARTS) is 1. The number of rotatable bonds is 3. The Kier molecular flexibility index (Phi) is 1.46. The van der Waals surface area contributed by atoms with Crippen LogP contribution in [0.4, 0.5) is 0 Å². The van der Waals surface area contributed by atoms with E-state index in [1.165, 1.54) is 0 Å². The Bertz CT molecular complexity index is 285. The van der Waals surface area contributed by atoms with Gasteiger partial charge >= 0.3 is 5.97 Å². The Morgan fingerprint density at radius 3 is 2.42 bits per heavy atom. The van der Waals surface area contributed by atoms with Crippen molar-refractivity contribution in [3.8, 4) is 0 Å². The average molecular weight is 165 g/mol. The van der Waals surface area contributed by atoms with Crippen molar-refractivity contribution in [1.29, 1.82) is 0 Å². The number of aromatic nitrogens is 1. The van der Waals surface area contributed by atoms with E-state index in [-0.39, 0.29) is 12.0 Å². The van der Waals surface area contributed by atoms with Crippen LogP contribution in [0.15, 0.2) is 24.5 Å². The molecule has 1 aliphatic rings. The molecule has 0 amide bonds. The van der Waals surface area contributed by atoms with Crippen molar-refractivity contribution in [3.63, 3.8) is 0 Å². The molecular formula is C9H11NO2. The van der Waals surface area contributed by atoms with Crippen LogP contribution in [0.2, 0.25) is 0 Å². The molecule has 0 spiro atoms. The summed E-state index contributed by atoms with van der Waals surface area (Å²) >= 11 is 0. The van der Waals surface area contributed by atoms with Crippen LogP contribution < -0.4 is 0 Å². The van der Waals surface area contributed by atoms with Gasteiger partial charge in [-0.25, -0.2) is 0 Å². The van der Waals surface area contributed by atoms with E-state index in [1.807, 2.05) is 29.1 Å². The summed E-state index contributed by atoms with van der Waals surface area (Å²) in [6, 6.07) is 3.86. The zero-order valence-electron chi connectivity index (χ0n) is 6.73. The molecule has 1 heterocycles. The van der Waals surface area contributed by atoms with Crippen LogP contribution >= 0.6 is 0 Å². The fraction of sp³-hybridized carbons (Fsp3) is 0.444. The maximum absolute atomic E-state index is 10.5. The summed E-state index contributed by atoms with van der Waals surface area (Å²) in [5.41, 5.74) is -0.0880. The molecule has 0 radical (unpaired) electrons. The second-order valence-electron chi connectivity index (χ2n) is 3.39. The van der Waals surface area contributed by atoms with Gasteiger partial charge in [-0.15, -0.1) is 0 Å². The molecule has 64 valence electrons. The van der Waals surface area contributed by atoms with Gasteiger partial charge in [0.15, 0.2) is 0 Å². The number of hydrogen-bond acceptors (Lipinski definition) is 1. The molecule has 1 aromatic rings. The van der Waals surface area contributed by atoms with Crippen LogP contribution in [0.3, 0.4) is 0 Å². The van der Waals surface area contributed by atoms with E-state index < -0.39 is 5.97 Å². The minimum atomic E-state index is -0.707. The van der Waals surface area contributed by atoms with Crippen LogP contribution in [0, 0.1) is 0 Å². The van der Waals surface area contributed by atoms with Crippen LogP contribution in [0.1, 0.15) is 19.3 Å². The molecule has 1 saturated carbocycles. The highest BCUT2D eigenvalue weighted by Gasteiger charge is 2.45. The topological polar surface area (TPSA) is 42.2 Å². The van der Waals surface area contributed by atoms with Crippen LogP contribution in [-0.2, 0) is 10.3 Å². The quantitative estimate of drug-likeness (QED) is 0.736. The lowest BCUT2D eigenvalue weighted by atomic mass is 10.2. The molecule has 1 aliphatic carbocycles. The van der Waals surface area contributed by atoms with E-state index in [1.54, 1.807) is 0 Å². The monoisotopic (exact) mass is 165 g/mol. The first-order chi connectivity index (χ1) is 5.73. The van der Waals surface area contributed by atoms with E-state index in [4.69, 9.17) is 5.11 Å². The molecule has 12 heavy (non-hydrogen) atoms. The van der Waals surface area contributed by atoms with Gasteiger partial charge in [-0.05, 0) is 25.0 Å². The van der Waals surface area contributed by atoms with Gasteiger partial charge in [0.2, 0.25) is 0 Å². The normalized spacial score (nSPS) is 19.0. The minimum absolute atomic E-state index is 0.0880. The molecule has 0 bridgehead atoms. The smallest absolute Gasteiger partial charge is 0.305 e. The van der Waals surface area contributed by atoms with E-state index in [0.717, 1.165) is 12.8 Å². The lowest BCUT2D eigenvalue weighted by Gasteiger charge is -2.14. The zero-order chi connectivity index (χ0) is 8.60. The molecule has 3 nitrogen and oxygen atoms in total.